The average Bonchev–Trinajstić information content (AvgIpc) is 3.56. The molecule has 3 N–H and O–H groups in total. The van der Waals surface area contributed by atoms with Gasteiger partial charge in [0, 0.05) is 29.9 Å². The number of carboxylic acid groups (broad SMARTS) is 1. The van der Waals surface area contributed by atoms with Gasteiger partial charge in [0.15, 0.2) is 0 Å². The molecule has 48 heavy (non-hydrogen) atoms. The largest absolute Gasteiger partial charge is 0.497 e. The molecule has 1 unspecified atom stereocenters. The van der Waals surface area contributed by atoms with Crippen molar-refractivity contribution in [2.75, 3.05) is 20.3 Å². The molecule has 1 saturated heterocycles. The standard InChI is InChI=1S/C35H48N4O9/c1-10-14-46-27-17-26(23-13-12-21(45-9)15-24(23)36-27)47-22-16-25(29(40)38-35(31(42)43)18-20(35)11-2)39(19-22)30(41)28(33(3,4)5)37-32(44)48-34(6,7)8/h11-13,15,17,20,22,25,28H,2,10,14,16,18-19H2,1,3-9H3,(H,37,44)(H,38,40)(H,42,43)/t20-,22+,25-,28+,35?/m0/s1. The number of amides is 3. The minimum absolute atomic E-state index is 0.0183. The second-order valence-electron chi connectivity index (χ2n) is 14.4. The lowest BCUT2D eigenvalue weighted by atomic mass is 9.85. The molecule has 1 aromatic heterocycles. The number of benzene rings is 1. The SMILES string of the molecule is C=C[C@H]1CC1(NC(=O)[C@@H]1C[C@@H](Oc2cc(OCCC)nc3cc(OC)ccc23)CN1C(=O)[C@@H](NC(=O)OC(C)(C)C)C(C)(C)C)C(=O)O. The highest BCUT2D eigenvalue weighted by molar-refractivity contribution is 5.96. The van der Waals surface area contributed by atoms with E-state index in [9.17, 15) is 24.3 Å². The number of carbonyl (C=O) groups is 4. The Morgan fingerprint density at radius 3 is 2.44 bits per heavy atom. The number of carboxylic acids is 1. The monoisotopic (exact) mass is 668 g/mol. The molecule has 3 amide bonds. The lowest BCUT2D eigenvalue weighted by Crippen LogP contribution is -2.59. The summed E-state index contributed by atoms with van der Waals surface area (Å²) in [5.74, 6) is -1.42. The molecule has 1 aromatic carbocycles. The number of rotatable bonds is 12. The number of carbonyl (C=O) groups excluding carboxylic acids is 3. The lowest BCUT2D eigenvalue weighted by Gasteiger charge is -2.35. The van der Waals surface area contributed by atoms with E-state index in [-0.39, 0.29) is 19.4 Å². The van der Waals surface area contributed by atoms with E-state index in [2.05, 4.69) is 22.2 Å². The van der Waals surface area contributed by atoms with Crippen LogP contribution in [0, 0.1) is 11.3 Å². The molecular weight excluding hydrogens is 620 g/mol. The smallest absolute Gasteiger partial charge is 0.408 e. The Hall–Kier alpha value is -4.55. The van der Waals surface area contributed by atoms with Crippen LogP contribution in [0.5, 0.6) is 17.4 Å². The number of likely N-dealkylation sites (tertiary alicyclic amines) is 1. The Morgan fingerprint density at radius 2 is 1.88 bits per heavy atom. The average molecular weight is 669 g/mol. The number of methoxy groups -OCH3 is 1. The first kappa shape index (κ1) is 36.3. The van der Waals surface area contributed by atoms with Gasteiger partial charge < -0.3 is 39.6 Å². The fourth-order valence-corrected chi connectivity index (χ4v) is 5.77. The number of ether oxygens (including phenoxy) is 4. The van der Waals surface area contributed by atoms with Crippen LogP contribution in [0.2, 0.25) is 0 Å². The molecule has 0 spiro atoms. The molecule has 2 aromatic rings. The summed E-state index contributed by atoms with van der Waals surface area (Å²) in [6.45, 7) is 16.6. The number of fused-ring (bicyclic) bond motifs is 1. The molecule has 1 saturated carbocycles. The van der Waals surface area contributed by atoms with Crippen LogP contribution in [-0.4, -0.2) is 88.5 Å². The van der Waals surface area contributed by atoms with Gasteiger partial charge in [-0.1, -0.05) is 33.8 Å². The summed E-state index contributed by atoms with van der Waals surface area (Å²) in [5.41, 5.74) is -2.53. The Balaban J connectivity index is 1.69. The van der Waals surface area contributed by atoms with Crippen LogP contribution >= 0.6 is 0 Å². The van der Waals surface area contributed by atoms with Gasteiger partial charge in [0.1, 0.15) is 40.8 Å². The zero-order chi connectivity index (χ0) is 35.6. The molecule has 2 aliphatic rings. The molecule has 0 radical (unpaired) electrons. The van der Waals surface area contributed by atoms with E-state index in [0.717, 1.165) is 6.42 Å². The lowest BCUT2D eigenvalue weighted by molar-refractivity contribution is -0.146. The van der Waals surface area contributed by atoms with Gasteiger partial charge in [-0.15, -0.1) is 6.58 Å². The molecule has 1 aliphatic heterocycles. The highest BCUT2D eigenvalue weighted by atomic mass is 16.6. The summed E-state index contributed by atoms with van der Waals surface area (Å²) in [7, 11) is 1.56. The second-order valence-corrected chi connectivity index (χ2v) is 14.4. The topological polar surface area (TPSA) is 166 Å². The van der Waals surface area contributed by atoms with Crippen LogP contribution in [0.25, 0.3) is 10.9 Å². The summed E-state index contributed by atoms with van der Waals surface area (Å²) in [4.78, 5) is 59.3. The van der Waals surface area contributed by atoms with E-state index in [0.29, 0.717) is 34.9 Å². The predicted octanol–water partition coefficient (Wildman–Crippen LogP) is 4.47. The Kier molecular flexibility index (Phi) is 10.5. The summed E-state index contributed by atoms with van der Waals surface area (Å²) in [6.07, 6.45) is 1.05. The maximum absolute atomic E-state index is 14.3. The number of nitrogens with zero attached hydrogens (tertiary/aromatic N) is 2. The van der Waals surface area contributed by atoms with Crippen molar-refractivity contribution in [1.29, 1.82) is 0 Å². The van der Waals surface area contributed by atoms with Crippen LogP contribution in [0.3, 0.4) is 0 Å². The number of alkyl carbamates (subject to hydrolysis) is 1. The first-order valence-electron chi connectivity index (χ1n) is 16.2. The molecule has 2 fully saturated rings. The van der Waals surface area contributed by atoms with Gasteiger partial charge in [-0.2, -0.15) is 0 Å². The van der Waals surface area contributed by atoms with E-state index in [1.807, 2.05) is 13.0 Å². The summed E-state index contributed by atoms with van der Waals surface area (Å²) in [5, 5.41) is 16.0. The quantitative estimate of drug-likeness (QED) is 0.275. The number of aliphatic carboxylic acids is 1. The molecule has 13 nitrogen and oxygen atoms in total. The van der Waals surface area contributed by atoms with E-state index in [1.165, 1.54) is 11.0 Å². The Bertz CT molecular complexity index is 1560. The highest BCUT2D eigenvalue weighted by Gasteiger charge is 2.61. The molecule has 262 valence electrons. The van der Waals surface area contributed by atoms with Crippen LogP contribution < -0.4 is 24.8 Å². The van der Waals surface area contributed by atoms with Crippen molar-refractivity contribution in [3.63, 3.8) is 0 Å². The first-order chi connectivity index (χ1) is 22.4. The van der Waals surface area contributed by atoms with Crippen molar-refractivity contribution in [1.82, 2.24) is 20.5 Å². The van der Waals surface area contributed by atoms with Crippen LogP contribution in [-0.2, 0) is 19.1 Å². The molecule has 13 heteroatoms. The van der Waals surface area contributed by atoms with Gasteiger partial charge in [-0.25, -0.2) is 14.6 Å². The third-order valence-corrected chi connectivity index (χ3v) is 8.35. The minimum Gasteiger partial charge on any atom is -0.497 e. The minimum atomic E-state index is -1.50. The number of hydrogen-bond acceptors (Lipinski definition) is 9. The molecule has 1 aliphatic carbocycles. The van der Waals surface area contributed by atoms with Gasteiger partial charge in [0.2, 0.25) is 17.7 Å². The van der Waals surface area contributed by atoms with Crippen LogP contribution in [0.4, 0.5) is 4.79 Å². The maximum atomic E-state index is 14.3. The summed E-state index contributed by atoms with van der Waals surface area (Å²) < 4.78 is 23.2. The van der Waals surface area contributed by atoms with Gasteiger partial charge in [-0.05, 0) is 51.2 Å². The number of aromatic nitrogens is 1. The van der Waals surface area contributed by atoms with E-state index >= 15 is 0 Å². The zero-order valence-corrected chi connectivity index (χ0v) is 29.0. The van der Waals surface area contributed by atoms with E-state index in [4.69, 9.17) is 18.9 Å². The second kappa shape index (κ2) is 13.9. The van der Waals surface area contributed by atoms with Crippen molar-refractivity contribution < 1.29 is 43.2 Å². The molecule has 0 bridgehead atoms. The van der Waals surface area contributed by atoms with Crippen LogP contribution in [0.1, 0.15) is 67.7 Å². The zero-order valence-electron chi connectivity index (χ0n) is 29.0. The van der Waals surface area contributed by atoms with Crippen LogP contribution in [0.15, 0.2) is 36.9 Å². The first-order valence-corrected chi connectivity index (χ1v) is 16.2. The van der Waals surface area contributed by atoms with Gasteiger partial charge >= 0.3 is 12.1 Å². The fourth-order valence-electron chi connectivity index (χ4n) is 5.77. The Labute approximate surface area is 281 Å². The molecular formula is C35H48N4O9. The summed E-state index contributed by atoms with van der Waals surface area (Å²) >= 11 is 0. The van der Waals surface area contributed by atoms with Gasteiger partial charge in [-0.3, -0.25) is 9.59 Å². The fraction of sp³-hybridized carbons (Fsp3) is 0.571. The van der Waals surface area contributed by atoms with Crippen molar-refractivity contribution in [2.24, 2.45) is 11.3 Å². The van der Waals surface area contributed by atoms with Crippen molar-refractivity contribution in [3.8, 4) is 17.4 Å². The van der Waals surface area contributed by atoms with E-state index in [1.54, 1.807) is 66.9 Å². The number of pyridine rings is 1. The molecule has 5 atom stereocenters. The predicted molar refractivity (Wildman–Crippen MR) is 178 cm³/mol. The van der Waals surface area contributed by atoms with E-state index < -0.39 is 64.5 Å². The summed E-state index contributed by atoms with van der Waals surface area (Å²) in [6, 6.07) is 4.83. The highest BCUT2D eigenvalue weighted by Crippen LogP contribution is 2.45. The molecule has 4 rings (SSSR count). The van der Waals surface area contributed by atoms with Gasteiger partial charge in [0.05, 0.1) is 25.8 Å². The molecule has 2 heterocycles. The third kappa shape index (κ3) is 8.11. The van der Waals surface area contributed by atoms with Gasteiger partial charge in [0.25, 0.3) is 0 Å². The van der Waals surface area contributed by atoms with Crippen molar-refractivity contribution >= 4 is 34.8 Å². The van der Waals surface area contributed by atoms with Crippen molar-refractivity contribution in [2.45, 2.75) is 97.1 Å². The number of nitrogens with one attached hydrogen (secondary N) is 2. The maximum Gasteiger partial charge on any atom is 0.408 e. The van der Waals surface area contributed by atoms with Crippen molar-refractivity contribution in [3.05, 3.63) is 36.9 Å². The third-order valence-electron chi connectivity index (χ3n) is 8.35. The number of hydrogen-bond donors (Lipinski definition) is 3. The normalized spacial score (nSPS) is 22.8. The Morgan fingerprint density at radius 1 is 1.17 bits per heavy atom.